The Morgan fingerprint density at radius 3 is 1.82 bits per heavy atom. The number of nitriles is 3. The number of hydrogen-bond donors (Lipinski definition) is 0. The highest BCUT2D eigenvalue weighted by molar-refractivity contribution is 6.17. The van der Waals surface area contributed by atoms with Crippen molar-refractivity contribution in [2.45, 2.75) is 0 Å². The van der Waals surface area contributed by atoms with Gasteiger partial charge in [0.2, 0.25) is 0 Å². The highest BCUT2D eigenvalue weighted by atomic mass is 15.0. The van der Waals surface area contributed by atoms with Crippen LogP contribution in [0.25, 0.3) is 66.1 Å². The van der Waals surface area contributed by atoms with E-state index in [-0.39, 0.29) is 0 Å². The second-order valence-corrected chi connectivity index (χ2v) is 10.7. The minimum atomic E-state index is 0.358. The van der Waals surface area contributed by atoms with Gasteiger partial charge in [-0.2, -0.15) is 15.8 Å². The molecule has 0 aliphatic rings. The smallest absolute Gasteiger partial charge is 0.101 e. The van der Waals surface area contributed by atoms with Crippen LogP contribution < -0.4 is 0 Å². The van der Waals surface area contributed by atoms with Crippen molar-refractivity contribution in [3.8, 4) is 40.7 Å². The third-order valence-corrected chi connectivity index (χ3v) is 8.44. The van der Waals surface area contributed by atoms with Crippen LogP contribution in [0.3, 0.4) is 0 Å². The maximum atomic E-state index is 9.73. The predicted molar refractivity (Wildman–Crippen MR) is 175 cm³/mol. The summed E-state index contributed by atoms with van der Waals surface area (Å²) in [6, 6.07) is 49.3. The van der Waals surface area contributed by atoms with Crippen molar-refractivity contribution in [3.05, 3.63) is 144 Å². The fraction of sp³-hybridized carbons (Fsp3) is 0. The van der Waals surface area contributed by atoms with E-state index in [1.165, 1.54) is 0 Å². The van der Waals surface area contributed by atoms with E-state index >= 15 is 0 Å². The third-order valence-electron chi connectivity index (χ3n) is 8.44. The molecule has 8 aromatic rings. The summed E-state index contributed by atoms with van der Waals surface area (Å²) >= 11 is 0. The Kier molecular flexibility index (Phi) is 5.56. The van der Waals surface area contributed by atoms with Crippen molar-refractivity contribution in [2.75, 3.05) is 0 Å². The second-order valence-electron chi connectivity index (χ2n) is 10.7. The van der Waals surface area contributed by atoms with Gasteiger partial charge in [-0.1, -0.05) is 54.6 Å². The van der Waals surface area contributed by atoms with Gasteiger partial charge in [-0.3, -0.25) is 0 Å². The van der Waals surface area contributed by atoms with Gasteiger partial charge in [0.15, 0.2) is 0 Å². The molecule has 8 rings (SSSR count). The van der Waals surface area contributed by atoms with Crippen molar-refractivity contribution in [1.29, 1.82) is 15.8 Å². The van der Waals surface area contributed by atoms with Crippen LogP contribution >= 0.6 is 0 Å². The molecule has 0 unspecified atom stereocenters. The van der Waals surface area contributed by atoms with Gasteiger partial charge < -0.3 is 9.13 Å². The number of nitrogens with zero attached hydrogens (tertiary/aromatic N) is 5. The zero-order valence-electron chi connectivity index (χ0n) is 23.4. The predicted octanol–water partition coefficient (Wildman–Crippen LogP) is 9.16. The molecule has 2 aromatic heterocycles. The van der Waals surface area contributed by atoms with Crippen LogP contribution in [0.1, 0.15) is 16.7 Å². The quantitative estimate of drug-likeness (QED) is 0.216. The minimum Gasteiger partial charge on any atom is -0.309 e. The van der Waals surface area contributed by atoms with Crippen LogP contribution in [0.2, 0.25) is 0 Å². The molecule has 5 heteroatoms. The fourth-order valence-electron chi connectivity index (χ4n) is 6.50. The first-order chi connectivity index (χ1) is 21.7. The second kappa shape index (κ2) is 9.74. The molecular weight excluding hydrogens is 538 g/mol. The minimum absolute atomic E-state index is 0.358. The molecule has 2 heterocycles. The summed E-state index contributed by atoms with van der Waals surface area (Å²) in [6.07, 6.45) is 0. The maximum absolute atomic E-state index is 9.73. The summed E-state index contributed by atoms with van der Waals surface area (Å²) in [6.45, 7) is 0. The van der Waals surface area contributed by atoms with Gasteiger partial charge in [-0.05, 0) is 83.9 Å². The van der Waals surface area contributed by atoms with Gasteiger partial charge in [0, 0.05) is 32.9 Å². The SMILES string of the molecule is N#Cc1ccc(-n2c3ccccc3c3cc(-c4cccc5c4c4ccccc4n5-c4ccc(C#N)c(C#N)c4)ccc32)cc1. The Labute approximate surface area is 252 Å². The molecule has 0 aliphatic carbocycles. The van der Waals surface area contributed by atoms with E-state index in [1.807, 2.05) is 36.4 Å². The number of rotatable bonds is 3. The van der Waals surface area contributed by atoms with Gasteiger partial charge >= 0.3 is 0 Å². The Bertz CT molecular complexity index is 2580. The lowest BCUT2D eigenvalue weighted by molar-refractivity contribution is 1.17. The first kappa shape index (κ1) is 25.1. The van der Waals surface area contributed by atoms with E-state index in [9.17, 15) is 15.8 Å². The molecule has 0 atom stereocenters. The van der Waals surface area contributed by atoms with E-state index in [0.29, 0.717) is 16.7 Å². The van der Waals surface area contributed by atoms with Gasteiger partial charge in [0.25, 0.3) is 0 Å². The molecule has 0 bridgehead atoms. The van der Waals surface area contributed by atoms with Gasteiger partial charge in [-0.25, -0.2) is 0 Å². The fourth-order valence-corrected chi connectivity index (χ4v) is 6.50. The Morgan fingerprint density at radius 1 is 0.432 bits per heavy atom. The van der Waals surface area contributed by atoms with Crippen LogP contribution in [-0.2, 0) is 0 Å². The average molecular weight is 560 g/mol. The molecule has 44 heavy (non-hydrogen) atoms. The Hall–Kier alpha value is -6.61. The number of benzene rings is 6. The number of para-hydroxylation sites is 2. The van der Waals surface area contributed by atoms with Gasteiger partial charge in [0.1, 0.15) is 12.1 Å². The molecule has 202 valence electrons. The van der Waals surface area contributed by atoms with Gasteiger partial charge in [0.05, 0.1) is 44.8 Å². The molecule has 0 saturated carbocycles. The summed E-state index contributed by atoms with van der Waals surface area (Å²) in [5.74, 6) is 0. The van der Waals surface area contributed by atoms with E-state index in [2.05, 4.69) is 106 Å². The summed E-state index contributed by atoms with van der Waals surface area (Å²) < 4.78 is 4.42. The number of aromatic nitrogens is 2. The molecule has 0 saturated heterocycles. The summed E-state index contributed by atoms with van der Waals surface area (Å²) in [5, 5.41) is 33.1. The third kappa shape index (κ3) is 3.63. The van der Waals surface area contributed by atoms with Crippen LogP contribution in [0.5, 0.6) is 0 Å². The van der Waals surface area contributed by atoms with Crippen molar-refractivity contribution in [1.82, 2.24) is 9.13 Å². The topological polar surface area (TPSA) is 81.2 Å². The van der Waals surface area contributed by atoms with Crippen LogP contribution in [-0.4, -0.2) is 9.13 Å². The molecule has 0 N–H and O–H groups in total. The molecule has 0 aliphatic heterocycles. The standard InChI is InChI=1S/C39H21N5/c40-22-25-12-16-29(17-13-25)43-35-9-3-1-6-32(35)34-21-26(15-19-37(34)43)31-8-5-11-38-39(31)33-7-2-4-10-36(33)44(38)30-18-14-27(23-41)28(20-30)24-42/h1-21H. The molecule has 0 fully saturated rings. The van der Waals surface area contributed by atoms with Gasteiger partial charge in [-0.15, -0.1) is 0 Å². The lowest BCUT2D eigenvalue weighted by Gasteiger charge is -2.10. The highest BCUT2D eigenvalue weighted by Gasteiger charge is 2.18. The normalized spacial score (nSPS) is 11.1. The van der Waals surface area contributed by atoms with Crippen molar-refractivity contribution in [2.24, 2.45) is 0 Å². The first-order valence-corrected chi connectivity index (χ1v) is 14.2. The van der Waals surface area contributed by atoms with E-state index < -0.39 is 0 Å². The first-order valence-electron chi connectivity index (χ1n) is 14.2. The van der Waals surface area contributed by atoms with Crippen molar-refractivity contribution < 1.29 is 0 Å². The monoisotopic (exact) mass is 559 g/mol. The lowest BCUT2D eigenvalue weighted by atomic mass is 9.98. The summed E-state index contributed by atoms with van der Waals surface area (Å²) in [4.78, 5) is 0. The van der Waals surface area contributed by atoms with E-state index in [1.54, 1.807) is 12.1 Å². The maximum Gasteiger partial charge on any atom is 0.101 e. The van der Waals surface area contributed by atoms with Crippen LogP contribution in [0.15, 0.2) is 127 Å². The van der Waals surface area contributed by atoms with Crippen LogP contribution in [0, 0.1) is 34.0 Å². The lowest BCUT2D eigenvalue weighted by Crippen LogP contribution is -1.96. The van der Waals surface area contributed by atoms with Crippen molar-refractivity contribution in [3.63, 3.8) is 0 Å². The summed E-state index contributed by atoms with van der Waals surface area (Å²) in [5.41, 5.74) is 9.67. The highest BCUT2D eigenvalue weighted by Crippen LogP contribution is 2.41. The molecule has 0 radical (unpaired) electrons. The van der Waals surface area contributed by atoms with E-state index in [4.69, 9.17) is 0 Å². The van der Waals surface area contributed by atoms with E-state index in [0.717, 1.165) is 66.1 Å². The zero-order valence-corrected chi connectivity index (χ0v) is 23.4. The number of hydrogen-bond acceptors (Lipinski definition) is 3. The molecule has 5 nitrogen and oxygen atoms in total. The molecule has 0 amide bonds. The average Bonchev–Trinajstić information content (AvgIpc) is 3.60. The largest absolute Gasteiger partial charge is 0.309 e. The van der Waals surface area contributed by atoms with Crippen molar-refractivity contribution >= 4 is 43.6 Å². The Morgan fingerprint density at radius 2 is 1.07 bits per heavy atom. The zero-order chi connectivity index (χ0) is 29.8. The Balaban J connectivity index is 1.39. The summed E-state index contributed by atoms with van der Waals surface area (Å²) in [7, 11) is 0. The molecule has 0 spiro atoms. The molecular formula is C39H21N5. The van der Waals surface area contributed by atoms with Crippen LogP contribution in [0.4, 0.5) is 0 Å². The molecule has 6 aromatic carbocycles. The number of fused-ring (bicyclic) bond motifs is 6.